The van der Waals surface area contributed by atoms with Crippen LogP contribution in [0.15, 0.2) is 48.5 Å². The van der Waals surface area contributed by atoms with Crippen LogP contribution in [0, 0.1) is 18.6 Å². The fraction of sp³-hybridized carbons (Fsp3) is 0.290. The van der Waals surface area contributed by atoms with Gasteiger partial charge in [0.05, 0.1) is 42.3 Å². The van der Waals surface area contributed by atoms with E-state index in [-0.39, 0.29) is 36.5 Å². The van der Waals surface area contributed by atoms with Gasteiger partial charge in [0.15, 0.2) is 0 Å². The molecule has 43 heavy (non-hydrogen) atoms. The van der Waals surface area contributed by atoms with E-state index in [0.717, 1.165) is 33.1 Å². The van der Waals surface area contributed by atoms with Gasteiger partial charge in [-0.05, 0) is 37.4 Å². The minimum absolute atomic E-state index is 0.0398. The number of hydrogen-bond donors (Lipinski definition) is 0. The molecule has 4 aromatic heterocycles. The fourth-order valence-corrected chi connectivity index (χ4v) is 6.52. The molecule has 12 heteroatoms. The number of aromatic nitrogens is 5. The number of rotatable bonds is 8. The molecule has 0 spiro atoms. The molecule has 0 radical (unpaired) electrons. The van der Waals surface area contributed by atoms with Gasteiger partial charge in [0.1, 0.15) is 35.4 Å². The maximum Gasteiger partial charge on any atom is 0.246 e. The molecule has 0 N–H and O–H groups in total. The Morgan fingerprint density at radius 2 is 2.00 bits per heavy atom. The zero-order valence-electron chi connectivity index (χ0n) is 24.2. The van der Waals surface area contributed by atoms with Crippen LogP contribution >= 0.6 is 11.3 Å². The van der Waals surface area contributed by atoms with Gasteiger partial charge in [-0.15, -0.1) is 11.3 Å². The largest absolute Gasteiger partial charge is 0.490 e. The summed E-state index contributed by atoms with van der Waals surface area (Å²) in [7, 11) is 3.37. The van der Waals surface area contributed by atoms with E-state index >= 15 is 4.39 Å². The van der Waals surface area contributed by atoms with E-state index in [2.05, 4.69) is 11.7 Å². The second-order valence-electron chi connectivity index (χ2n) is 10.5. The average Bonchev–Trinajstić information content (AvgIpc) is 3.70. The summed E-state index contributed by atoms with van der Waals surface area (Å²) in [6.07, 6.45) is 3.20. The minimum Gasteiger partial charge on any atom is -0.490 e. The third-order valence-electron chi connectivity index (χ3n) is 7.56. The molecule has 1 aliphatic rings. The van der Waals surface area contributed by atoms with Crippen molar-refractivity contribution in [2.75, 3.05) is 20.3 Å². The van der Waals surface area contributed by atoms with Crippen molar-refractivity contribution in [3.8, 4) is 39.5 Å². The summed E-state index contributed by atoms with van der Waals surface area (Å²) < 4.78 is 45.8. The lowest BCUT2D eigenvalue weighted by Gasteiger charge is -2.33. The number of carbonyl (C=O) groups is 1. The average molecular weight is 605 g/mol. The molecule has 0 aliphatic carbocycles. The van der Waals surface area contributed by atoms with Crippen LogP contribution in [-0.4, -0.2) is 61.7 Å². The SMILES string of the molecule is C=CC(=O)N1Cc2cc(-c3nc(-c4cn(C)nc4C)c4ccsc4c3-c3c(F)cc(F)cc3OCCOC)nn2CC1C. The first-order valence-electron chi connectivity index (χ1n) is 13.7. The van der Waals surface area contributed by atoms with E-state index in [4.69, 9.17) is 19.6 Å². The number of methoxy groups -OCH3 is 1. The summed E-state index contributed by atoms with van der Waals surface area (Å²) in [5, 5.41) is 12.1. The quantitative estimate of drug-likeness (QED) is 0.166. The summed E-state index contributed by atoms with van der Waals surface area (Å²) in [5.74, 6) is -1.67. The van der Waals surface area contributed by atoms with Gasteiger partial charge >= 0.3 is 0 Å². The molecule has 1 atom stereocenters. The normalized spacial score (nSPS) is 14.7. The third kappa shape index (κ3) is 5.10. The van der Waals surface area contributed by atoms with Gasteiger partial charge < -0.3 is 14.4 Å². The van der Waals surface area contributed by atoms with Gasteiger partial charge in [-0.3, -0.25) is 14.2 Å². The number of thiophene rings is 1. The van der Waals surface area contributed by atoms with Crippen molar-refractivity contribution in [3.05, 3.63) is 71.5 Å². The van der Waals surface area contributed by atoms with Crippen LogP contribution in [-0.2, 0) is 29.7 Å². The van der Waals surface area contributed by atoms with Crippen molar-refractivity contribution < 1.29 is 23.0 Å². The van der Waals surface area contributed by atoms with E-state index in [1.165, 1.54) is 30.6 Å². The summed E-state index contributed by atoms with van der Waals surface area (Å²) in [5.41, 5.74) is 4.53. The van der Waals surface area contributed by atoms with Gasteiger partial charge in [-0.25, -0.2) is 13.8 Å². The molecular formula is C31H30F2N6O3S. The molecule has 0 saturated heterocycles. The van der Waals surface area contributed by atoms with E-state index in [1.54, 1.807) is 9.58 Å². The Balaban J connectivity index is 1.63. The summed E-state index contributed by atoms with van der Waals surface area (Å²) in [6.45, 7) is 8.63. The highest BCUT2D eigenvalue weighted by molar-refractivity contribution is 7.18. The molecule has 222 valence electrons. The molecule has 1 amide bonds. The van der Waals surface area contributed by atoms with Gasteiger partial charge in [0, 0.05) is 59.7 Å². The van der Waals surface area contributed by atoms with E-state index in [0.29, 0.717) is 35.7 Å². The lowest BCUT2D eigenvalue weighted by Crippen LogP contribution is -2.44. The first kappa shape index (κ1) is 28.7. The number of benzene rings is 1. The van der Waals surface area contributed by atoms with Crippen molar-refractivity contribution in [2.45, 2.75) is 33.0 Å². The zero-order chi connectivity index (χ0) is 30.4. The first-order chi connectivity index (χ1) is 20.7. The Hall–Kier alpha value is -4.42. The van der Waals surface area contributed by atoms with Gasteiger partial charge in [0.2, 0.25) is 5.91 Å². The molecule has 1 unspecified atom stereocenters. The summed E-state index contributed by atoms with van der Waals surface area (Å²) in [4.78, 5) is 19.4. The molecule has 5 aromatic rings. The number of aryl methyl sites for hydroxylation is 2. The van der Waals surface area contributed by atoms with Crippen LogP contribution in [0.5, 0.6) is 5.75 Å². The molecule has 6 rings (SSSR count). The van der Waals surface area contributed by atoms with Gasteiger partial charge in [-0.1, -0.05) is 6.58 Å². The second-order valence-corrected chi connectivity index (χ2v) is 11.4. The maximum atomic E-state index is 15.9. The lowest BCUT2D eigenvalue weighted by molar-refractivity contribution is -0.129. The lowest BCUT2D eigenvalue weighted by atomic mass is 9.96. The van der Waals surface area contributed by atoms with Crippen LogP contribution in [0.2, 0.25) is 0 Å². The van der Waals surface area contributed by atoms with Crippen LogP contribution in [0.1, 0.15) is 18.3 Å². The van der Waals surface area contributed by atoms with Crippen LogP contribution < -0.4 is 4.74 Å². The highest BCUT2D eigenvalue weighted by atomic mass is 32.1. The van der Waals surface area contributed by atoms with E-state index in [9.17, 15) is 9.18 Å². The van der Waals surface area contributed by atoms with Crippen molar-refractivity contribution in [2.24, 2.45) is 7.05 Å². The Morgan fingerprint density at radius 1 is 1.19 bits per heavy atom. The van der Waals surface area contributed by atoms with Crippen molar-refractivity contribution >= 4 is 27.3 Å². The summed E-state index contributed by atoms with van der Waals surface area (Å²) >= 11 is 1.43. The molecule has 5 heterocycles. The maximum absolute atomic E-state index is 15.9. The van der Waals surface area contributed by atoms with Gasteiger partial charge in [-0.2, -0.15) is 10.2 Å². The fourth-order valence-electron chi connectivity index (χ4n) is 5.57. The molecule has 1 aromatic carbocycles. The summed E-state index contributed by atoms with van der Waals surface area (Å²) in [6, 6.07) is 5.72. The van der Waals surface area contributed by atoms with Crippen molar-refractivity contribution in [1.29, 1.82) is 0 Å². The monoisotopic (exact) mass is 604 g/mol. The highest BCUT2D eigenvalue weighted by Gasteiger charge is 2.31. The topological polar surface area (TPSA) is 87.3 Å². The number of halogens is 2. The smallest absolute Gasteiger partial charge is 0.246 e. The molecule has 1 aliphatic heterocycles. The molecular weight excluding hydrogens is 574 g/mol. The van der Waals surface area contributed by atoms with Crippen molar-refractivity contribution in [1.82, 2.24) is 29.4 Å². The number of fused-ring (bicyclic) bond motifs is 2. The number of carbonyl (C=O) groups excluding carboxylic acids is 1. The van der Waals surface area contributed by atoms with Gasteiger partial charge in [0.25, 0.3) is 0 Å². The Labute approximate surface area is 251 Å². The predicted molar refractivity (Wildman–Crippen MR) is 161 cm³/mol. The number of hydrogen-bond acceptors (Lipinski definition) is 7. The highest BCUT2D eigenvalue weighted by Crippen LogP contribution is 2.47. The number of ether oxygens (including phenoxy) is 2. The molecule has 0 fully saturated rings. The Kier molecular flexibility index (Phi) is 7.57. The number of nitrogens with zero attached hydrogens (tertiary/aromatic N) is 6. The third-order valence-corrected chi connectivity index (χ3v) is 8.49. The van der Waals surface area contributed by atoms with Crippen LogP contribution in [0.3, 0.4) is 0 Å². The minimum atomic E-state index is -0.782. The first-order valence-corrected chi connectivity index (χ1v) is 14.6. The number of pyridine rings is 1. The standard InChI is InChI=1S/C31H30F2N6O3S/c1-6-26(40)38-15-20-13-24(36-39(20)14-17(38)2)30-28(27-23(33)11-19(32)12-25(27)42-9-8-41-5)31-21(7-10-43-31)29(34-30)22-16-37(4)35-18(22)3/h6-7,10-13,16-17H,1,8-9,14-15H2,2-5H3. The zero-order valence-corrected chi connectivity index (χ0v) is 25.0. The van der Waals surface area contributed by atoms with Crippen LogP contribution in [0.25, 0.3) is 43.9 Å². The van der Waals surface area contributed by atoms with E-state index < -0.39 is 11.6 Å². The molecule has 0 saturated carbocycles. The predicted octanol–water partition coefficient (Wildman–Crippen LogP) is 5.76. The van der Waals surface area contributed by atoms with E-state index in [1.807, 2.05) is 49.3 Å². The molecule has 0 bridgehead atoms. The van der Waals surface area contributed by atoms with Crippen molar-refractivity contribution in [3.63, 3.8) is 0 Å². The Bertz CT molecular complexity index is 1880. The Morgan fingerprint density at radius 3 is 2.72 bits per heavy atom. The molecule has 9 nitrogen and oxygen atoms in total. The van der Waals surface area contributed by atoms with Crippen LogP contribution in [0.4, 0.5) is 8.78 Å². The number of amides is 1. The second kappa shape index (κ2) is 11.3.